The normalized spacial score (nSPS) is 25.4. The Morgan fingerprint density at radius 3 is 2.80 bits per heavy atom. The third kappa shape index (κ3) is 7.79. The predicted octanol–water partition coefficient (Wildman–Crippen LogP) is 4.54. The van der Waals surface area contributed by atoms with Crippen LogP contribution in [0.1, 0.15) is 92.7 Å². The van der Waals surface area contributed by atoms with E-state index in [2.05, 4.69) is 71.5 Å². The summed E-state index contributed by atoms with van der Waals surface area (Å²) in [5.74, 6) is 0.766. The summed E-state index contributed by atoms with van der Waals surface area (Å²) in [7, 11) is 0. The van der Waals surface area contributed by atoms with E-state index in [1.54, 1.807) is 0 Å². The molecule has 3 atom stereocenters. The van der Waals surface area contributed by atoms with Crippen LogP contribution in [0.4, 0.5) is 0 Å². The highest BCUT2D eigenvalue weighted by Crippen LogP contribution is 2.38. The number of ether oxygens (including phenoxy) is 2. The summed E-state index contributed by atoms with van der Waals surface area (Å²) in [4.78, 5) is 2.69. The molecule has 0 aliphatic carbocycles. The van der Waals surface area contributed by atoms with Gasteiger partial charge >= 0.3 is 0 Å². The Morgan fingerprint density at radius 1 is 1.22 bits per heavy atom. The van der Waals surface area contributed by atoms with Gasteiger partial charge in [-0.15, -0.1) is 5.10 Å². The molecule has 0 radical (unpaired) electrons. The van der Waals surface area contributed by atoms with E-state index < -0.39 is 18.5 Å². The van der Waals surface area contributed by atoms with Crippen molar-refractivity contribution in [2.75, 3.05) is 39.3 Å². The third-order valence-electron chi connectivity index (χ3n) is 9.29. The van der Waals surface area contributed by atoms with Crippen molar-refractivity contribution in [2.45, 2.75) is 96.6 Å². The molecule has 3 saturated heterocycles. The summed E-state index contributed by atoms with van der Waals surface area (Å²) in [6, 6.07) is 6.68. The van der Waals surface area contributed by atoms with Gasteiger partial charge in [0.15, 0.2) is 0 Å². The highest BCUT2D eigenvalue weighted by atomic mass is 16.7. The van der Waals surface area contributed by atoms with Crippen LogP contribution >= 0.6 is 0 Å². The second-order valence-corrected chi connectivity index (χ2v) is 12.9. The first-order chi connectivity index (χ1) is 19.8. The molecule has 0 amide bonds. The average molecular weight is 567 g/mol. The quantitative estimate of drug-likeness (QED) is 0.335. The monoisotopic (exact) mass is 566 g/mol. The standard InChI is InChI=1S/C33H50N4O4/c1-23(2)31-29(32(36-35-31)41-30-20-27(39)19-28(21-38)40-30)18-26-9-8-25(17-24(26)3)7-4-5-15-37-16-6-10-33(22-37)11-13-34-14-12-33/h4,7-9,17,23,27-28,30,34,38-39H,5-6,10-16,18-22H2,1-3H3,(H,35,36). The van der Waals surface area contributed by atoms with Gasteiger partial charge in [-0.25, -0.2) is 0 Å². The van der Waals surface area contributed by atoms with Crippen LogP contribution in [0.3, 0.4) is 0 Å². The highest BCUT2D eigenvalue weighted by molar-refractivity contribution is 5.52. The maximum Gasteiger partial charge on any atom is 0.238 e. The van der Waals surface area contributed by atoms with Gasteiger partial charge in [-0.3, -0.25) is 5.10 Å². The molecule has 2 aromatic rings. The van der Waals surface area contributed by atoms with Gasteiger partial charge in [0, 0.05) is 43.6 Å². The Labute approximate surface area is 245 Å². The number of aromatic amines is 1. The van der Waals surface area contributed by atoms with E-state index in [4.69, 9.17) is 9.47 Å². The van der Waals surface area contributed by atoms with E-state index in [0.29, 0.717) is 30.6 Å². The average Bonchev–Trinajstić information content (AvgIpc) is 3.34. The first kappa shape index (κ1) is 30.2. The van der Waals surface area contributed by atoms with Crippen molar-refractivity contribution in [3.05, 3.63) is 52.2 Å². The van der Waals surface area contributed by atoms with Crippen molar-refractivity contribution in [3.63, 3.8) is 0 Å². The summed E-state index contributed by atoms with van der Waals surface area (Å²) in [6.45, 7) is 12.3. The summed E-state index contributed by atoms with van der Waals surface area (Å²) in [6.07, 6.45) is 10.9. The van der Waals surface area contributed by atoms with Crippen LogP contribution in [-0.2, 0) is 11.2 Å². The molecule has 3 aliphatic heterocycles. The van der Waals surface area contributed by atoms with E-state index in [-0.39, 0.29) is 12.5 Å². The molecule has 3 aliphatic rings. The number of aromatic nitrogens is 2. The molecule has 1 spiro atoms. The molecule has 0 saturated carbocycles. The van der Waals surface area contributed by atoms with E-state index in [9.17, 15) is 10.2 Å². The van der Waals surface area contributed by atoms with E-state index in [1.165, 1.54) is 68.6 Å². The number of rotatable bonds is 10. The van der Waals surface area contributed by atoms with Crippen LogP contribution in [0, 0.1) is 12.3 Å². The van der Waals surface area contributed by atoms with Crippen molar-refractivity contribution in [1.82, 2.24) is 20.4 Å². The van der Waals surface area contributed by atoms with E-state index in [1.807, 2.05) is 0 Å². The van der Waals surface area contributed by atoms with Gasteiger partial charge < -0.3 is 29.9 Å². The number of likely N-dealkylation sites (tertiary alicyclic amines) is 1. The molecule has 3 unspecified atom stereocenters. The van der Waals surface area contributed by atoms with Crippen LogP contribution in [-0.4, -0.2) is 83.1 Å². The van der Waals surface area contributed by atoms with Gasteiger partial charge in [0.2, 0.25) is 12.2 Å². The lowest BCUT2D eigenvalue weighted by molar-refractivity contribution is -0.186. The second-order valence-electron chi connectivity index (χ2n) is 12.9. The molecule has 8 heteroatoms. The number of aliphatic hydroxyl groups excluding tert-OH is 2. The maximum atomic E-state index is 10.2. The Kier molecular flexibility index (Phi) is 10.2. The number of H-pyrrole nitrogens is 1. The first-order valence-corrected chi connectivity index (χ1v) is 15.7. The molecule has 0 bridgehead atoms. The van der Waals surface area contributed by atoms with Crippen LogP contribution in [0.25, 0.3) is 6.08 Å². The summed E-state index contributed by atoms with van der Waals surface area (Å²) >= 11 is 0. The number of aryl methyl sites for hydroxylation is 1. The van der Waals surface area contributed by atoms with Crippen LogP contribution in [0.2, 0.25) is 0 Å². The molecule has 41 heavy (non-hydrogen) atoms. The Bertz CT molecular complexity index is 1150. The number of piperidine rings is 2. The molecule has 226 valence electrons. The fourth-order valence-electron chi connectivity index (χ4n) is 6.93. The third-order valence-corrected chi connectivity index (χ3v) is 9.29. The smallest absolute Gasteiger partial charge is 0.238 e. The number of hydrogen-bond donors (Lipinski definition) is 4. The summed E-state index contributed by atoms with van der Waals surface area (Å²) < 4.78 is 12.0. The van der Waals surface area contributed by atoms with Gasteiger partial charge in [0.05, 0.1) is 18.8 Å². The molecule has 1 aromatic carbocycles. The van der Waals surface area contributed by atoms with E-state index in [0.717, 1.165) is 24.2 Å². The number of benzene rings is 1. The van der Waals surface area contributed by atoms with Crippen molar-refractivity contribution in [1.29, 1.82) is 0 Å². The van der Waals surface area contributed by atoms with Crippen molar-refractivity contribution in [3.8, 4) is 5.88 Å². The minimum atomic E-state index is -0.637. The fourth-order valence-corrected chi connectivity index (χ4v) is 6.93. The lowest BCUT2D eigenvalue weighted by atomic mass is 9.73. The zero-order chi connectivity index (χ0) is 28.8. The van der Waals surface area contributed by atoms with Gasteiger partial charge in [-0.2, -0.15) is 0 Å². The topological polar surface area (TPSA) is 103 Å². The first-order valence-electron chi connectivity index (χ1n) is 15.7. The van der Waals surface area contributed by atoms with Crippen molar-refractivity contribution < 1.29 is 19.7 Å². The largest absolute Gasteiger partial charge is 0.446 e. The summed E-state index contributed by atoms with van der Waals surface area (Å²) in [5.41, 5.74) is 6.32. The second kappa shape index (κ2) is 13.8. The Morgan fingerprint density at radius 2 is 2.05 bits per heavy atom. The minimum absolute atomic E-state index is 0.140. The Balaban J connectivity index is 1.19. The molecule has 1 aromatic heterocycles. The molecule has 3 fully saturated rings. The van der Waals surface area contributed by atoms with E-state index >= 15 is 0 Å². The SMILES string of the molecule is Cc1cc(C=CCCN2CCCC3(CCNCC3)C2)ccc1Cc1c(OC2CC(O)CC(CO)O2)n[nH]c1C(C)C. The van der Waals surface area contributed by atoms with Crippen molar-refractivity contribution >= 4 is 6.08 Å². The minimum Gasteiger partial charge on any atom is -0.446 e. The zero-order valence-corrected chi connectivity index (χ0v) is 25.2. The zero-order valence-electron chi connectivity index (χ0n) is 25.2. The maximum absolute atomic E-state index is 10.2. The van der Waals surface area contributed by atoms with Crippen LogP contribution in [0.5, 0.6) is 5.88 Å². The molecule has 4 heterocycles. The number of hydrogen-bond acceptors (Lipinski definition) is 7. The van der Waals surface area contributed by atoms with Gasteiger partial charge in [0.1, 0.15) is 0 Å². The molecular formula is C33H50N4O4. The Hall–Kier alpha value is -2.23. The predicted molar refractivity (Wildman–Crippen MR) is 162 cm³/mol. The number of aliphatic hydroxyl groups is 2. The van der Waals surface area contributed by atoms with Crippen LogP contribution < -0.4 is 10.1 Å². The van der Waals surface area contributed by atoms with Crippen LogP contribution in [0.15, 0.2) is 24.3 Å². The molecule has 5 rings (SSSR count). The van der Waals surface area contributed by atoms with Gasteiger partial charge in [0.25, 0.3) is 0 Å². The molecular weight excluding hydrogens is 516 g/mol. The fraction of sp³-hybridized carbons (Fsp3) is 0.667. The lowest BCUT2D eigenvalue weighted by Crippen LogP contribution is -2.48. The lowest BCUT2D eigenvalue weighted by Gasteiger charge is -2.45. The highest BCUT2D eigenvalue weighted by Gasteiger charge is 2.36. The van der Waals surface area contributed by atoms with Gasteiger partial charge in [-0.1, -0.05) is 44.2 Å². The number of nitrogens with one attached hydrogen (secondary N) is 2. The summed E-state index contributed by atoms with van der Waals surface area (Å²) in [5, 5.41) is 30.9. The van der Waals surface area contributed by atoms with Gasteiger partial charge in [-0.05, 0) is 86.7 Å². The van der Waals surface area contributed by atoms with Crippen molar-refractivity contribution in [2.24, 2.45) is 5.41 Å². The number of nitrogens with zero attached hydrogens (tertiary/aromatic N) is 2. The molecule has 8 nitrogen and oxygen atoms in total. The molecule has 4 N–H and O–H groups in total.